The van der Waals surface area contributed by atoms with Crippen molar-refractivity contribution in [3.63, 3.8) is 0 Å². The SMILES string of the molecule is Cc1cc(CN(Cc2ccc3c(c2)OCO3)C(=O)COc2ccccc2)nn1C. The molecule has 2 aromatic carbocycles. The second-order valence-corrected chi connectivity index (χ2v) is 6.94. The third-order valence-corrected chi connectivity index (χ3v) is 4.79. The zero-order chi connectivity index (χ0) is 20.2. The van der Waals surface area contributed by atoms with Gasteiger partial charge in [0.2, 0.25) is 6.79 Å². The van der Waals surface area contributed by atoms with Crippen molar-refractivity contribution < 1.29 is 19.0 Å². The molecule has 0 atom stereocenters. The number of rotatable bonds is 7. The fraction of sp³-hybridized carbons (Fsp3) is 0.273. The van der Waals surface area contributed by atoms with Crippen molar-refractivity contribution in [2.75, 3.05) is 13.4 Å². The summed E-state index contributed by atoms with van der Waals surface area (Å²) in [4.78, 5) is 14.7. The predicted octanol–water partition coefficient (Wildman–Crippen LogP) is 3.07. The maximum absolute atomic E-state index is 13.0. The first-order valence-electron chi connectivity index (χ1n) is 9.42. The van der Waals surface area contributed by atoms with Crippen molar-refractivity contribution >= 4 is 5.91 Å². The maximum Gasteiger partial charge on any atom is 0.261 e. The number of fused-ring (bicyclic) bond motifs is 1. The van der Waals surface area contributed by atoms with E-state index < -0.39 is 0 Å². The van der Waals surface area contributed by atoms with Gasteiger partial charge in [0.05, 0.1) is 12.2 Å². The molecule has 0 unspecified atom stereocenters. The molecule has 29 heavy (non-hydrogen) atoms. The highest BCUT2D eigenvalue weighted by atomic mass is 16.7. The van der Waals surface area contributed by atoms with E-state index in [-0.39, 0.29) is 19.3 Å². The van der Waals surface area contributed by atoms with Gasteiger partial charge < -0.3 is 19.1 Å². The zero-order valence-electron chi connectivity index (χ0n) is 16.5. The standard InChI is InChI=1S/C22H23N3O4/c1-16-10-18(23-24(16)2)13-25(22(26)14-27-19-6-4-3-5-7-19)12-17-8-9-20-21(11-17)29-15-28-20/h3-11H,12-15H2,1-2H3. The van der Waals surface area contributed by atoms with Crippen LogP contribution >= 0.6 is 0 Å². The summed E-state index contributed by atoms with van der Waals surface area (Å²) in [6, 6.07) is 17.0. The maximum atomic E-state index is 13.0. The third-order valence-electron chi connectivity index (χ3n) is 4.79. The average molecular weight is 393 g/mol. The quantitative estimate of drug-likeness (QED) is 0.617. The minimum atomic E-state index is -0.116. The van der Waals surface area contributed by atoms with E-state index in [0.29, 0.717) is 24.6 Å². The molecule has 0 aliphatic carbocycles. The molecule has 0 N–H and O–H groups in total. The molecule has 7 heteroatoms. The normalized spacial score (nSPS) is 12.1. The lowest BCUT2D eigenvalue weighted by molar-refractivity contribution is -0.134. The summed E-state index contributed by atoms with van der Waals surface area (Å²) in [5.74, 6) is 1.97. The van der Waals surface area contributed by atoms with Crippen molar-refractivity contribution in [3.8, 4) is 17.2 Å². The van der Waals surface area contributed by atoms with Crippen LogP contribution in [-0.2, 0) is 24.9 Å². The molecule has 1 aromatic heterocycles. The summed E-state index contributed by atoms with van der Waals surface area (Å²) in [6.45, 7) is 2.98. The van der Waals surface area contributed by atoms with Crippen LogP contribution in [0.15, 0.2) is 54.6 Å². The molecule has 150 valence electrons. The zero-order valence-corrected chi connectivity index (χ0v) is 16.5. The Bertz CT molecular complexity index is 981. The van der Waals surface area contributed by atoms with Crippen LogP contribution in [0.1, 0.15) is 17.0 Å². The highest BCUT2D eigenvalue weighted by Gasteiger charge is 2.19. The number of carbonyl (C=O) groups excluding carboxylic acids is 1. The van der Waals surface area contributed by atoms with Gasteiger partial charge in [-0.3, -0.25) is 9.48 Å². The second kappa shape index (κ2) is 8.26. The topological polar surface area (TPSA) is 65.8 Å². The van der Waals surface area contributed by atoms with Crippen LogP contribution in [0.25, 0.3) is 0 Å². The number of nitrogens with zero attached hydrogens (tertiary/aromatic N) is 3. The van der Waals surface area contributed by atoms with Gasteiger partial charge in [0, 0.05) is 19.3 Å². The van der Waals surface area contributed by atoms with E-state index in [1.807, 2.05) is 68.6 Å². The van der Waals surface area contributed by atoms with Gasteiger partial charge in [-0.1, -0.05) is 24.3 Å². The summed E-state index contributed by atoms with van der Waals surface area (Å²) in [6.07, 6.45) is 0. The average Bonchev–Trinajstić information content (AvgIpc) is 3.32. The summed E-state index contributed by atoms with van der Waals surface area (Å²) in [5.41, 5.74) is 2.82. The van der Waals surface area contributed by atoms with Gasteiger partial charge in [0.1, 0.15) is 5.75 Å². The Hall–Kier alpha value is -3.48. The number of ether oxygens (including phenoxy) is 3. The second-order valence-electron chi connectivity index (χ2n) is 6.94. The fourth-order valence-corrected chi connectivity index (χ4v) is 3.15. The minimum Gasteiger partial charge on any atom is -0.484 e. The van der Waals surface area contributed by atoms with Crippen molar-refractivity contribution in [2.45, 2.75) is 20.0 Å². The molecule has 0 saturated heterocycles. The predicted molar refractivity (Wildman–Crippen MR) is 107 cm³/mol. The summed E-state index contributed by atoms with van der Waals surface area (Å²) >= 11 is 0. The fourth-order valence-electron chi connectivity index (χ4n) is 3.15. The Morgan fingerprint density at radius 2 is 1.90 bits per heavy atom. The smallest absolute Gasteiger partial charge is 0.261 e. The highest BCUT2D eigenvalue weighted by Crippen LogP contribution is 2.33. The number of hydrogen-bond acceptors (Lipinski definition) is 5. The molecule has 0 saturated carbocycles. The van der Waals surface area contributed by atoms with Gasteiger partial charge in [0.15, 0.2) is 18.1 Å². The molecule has 4 rings (SSSR count). The van der Waals surface area contributed by atoms with Crippen LogP contribution in [0.3, 0.4) is 0 Å². The number of para-hydroxylation sites is 1. The van der Waals surface area contributed by atoms with E-state index in [2.05, 4.69) is 5.10 Å². The van der Waals surface area contributed by atoms with Crippen LogP contribution < -0.4 is 14.2 Å². The lowest BCUT2D eigenvalue weighted by Crippen LogP contribution is -2.34. The van der Waals surface area contributed by atoms with Gasteiger partial charge in [-0.15, -0.1) is 0 Å². The Morgan fingerprint density at radius 3 is 2.66 bits per heavy atom. The van der Waals surface area contributed by atoms with E-state index >= 15 is 0 Å². The third kappa shape index (κ3) is 4.51. The van der Waals surface area contributed by atoms with Gasteiger partial charge in [0.25, 0.3) is 5.91 Å². The molecule has 3 aromatic rings. The molecule has 7 nitrogen and oxygen atoms in total. The molecule has 2 heterocycles. The molecule has 0 fully saturated rings. The monoisotopic (exact) mass is 393 g/mol. The Labute approximate surface area is 169 Å². The number of aryl methyl sites for hydroxylation is 2. The van der Waals surface area contributed by atoms with Gasteiger partial charge >= 0.3 is 0 Å². The summed E-state index contributed by atoms with van der Waals surface area (Å²) in [5, 5.41) is 4.49. The van der Waals surface area contributed by atoms with Crippen LogP contribution in [0.5, 0.6) is 17.2 Å². The number of hydrogen-bond donors (Lipinski definition) is 0. The van der Waals surface area contributed by atoms with Crippen molar-refractivity contribution in [2.24, 2.45) is 7.05 Å². The van der Waals surface area contributed by atoms with E-state index in [9.17, 15) is 4.79 Å². The number of carbonyl (C=O) groups is 1. The molecule has 0 spiro atoms. The lowest BCUT2D eigenvalue weighted by Gasteiger charge is -2.22. The number of aromatic nitrogens is 2. The Kier molecular flexibility index (Phi) is 5.37. The van der Waals surface area contributed by atoms with Crippen molar-refractivity contribution in [1.29, 1.82) is 0 Å². The molecule has 0 radical (unpaired) electrons. The van der Waals surface area contributed by atoms with E-state index in [0.717, 1.165) is 22.7 Å². The molecule has 1 amide bonds. The molecule has 1 aliphatic heterocycles. The van der Waals surface area contributed by atoms with E-state index in [1.165, 1.54) is 0 Å². The minimum absolute atomic E-state index is 0.0413. The Morgan fingerprint density at radius 1 is 1.10 bits per heavy atom. The van der Waals surface area contributed by atoms with Crippen molar-refractivity contribution in [3.05, 3.63) is 71.5 Å². The highest BCUT2D eigenvalue weighted by molar-refractivity contribution is 5.77. The van der Waals surface area contributed by atoms with Gasteiger partial charge in [-0.2, -0.15) is 5.10 Å². The molecular weight excluding hydrogens is 370 g/mol. The molecular formula is C22H23N3O4. The van der Waals surface area contributed by atoms with E-state index in [1.54, 1.807) is 9.58 Å². The largest absolute Gasteiger partial charge is 0.484 e. The Balaban J connectivity index is 1.50. The van der Waals surface area contributed by atoms with Gasteiger partial charge in [-0.05, 0) is 42.8 Å². The first-order chi connectivity index (χ1) is 14.1. The van der Waals surface area contributed by atoms with E-state index in [4.69, 9.17) is 14.2 Å². The van der Waals surface area contributed by atoms with Gasteiger partial charge in [-0.25, -0.2) is 0 Å². The lowest BCUT2D eigenvalue weighted by atomic mass is 10.2. The van der Waals surface area contributed by atoms with Crippen molar-refractivity contribution in [1.82, 2.24) is 14.7 Å². The van der Waals surface area contributed by atoms with Crippen LogP contribution in [0.2, 0.25) is 0 Å². The first-order valence-corrected chi connectivity index (χ1v) is 9.42. The summed E-state index contributed by atoms with van der Waals surface area (Å²) in [7, 11) is 1.89. The molecule has 0 bridgehead atoms. The molecule has 1 aliphatic rings. The van der Waals surface area contributed by atoms with Crippen LogP contribution in [-0.4, -0.2) is 34.0 Å². The number of amides is 1. The number of benzene rings is 2. The summed E-state index contributed by atoms with van der Waals surface area (Å²) < 4.78 is 18.3. The first kappa shape index (κ1) is 18.9. The van der Waals surface area contributed by atoms with Crippen LogP contribution in [0, 0.1) is 6.92 Å². The van der Waals surface area contributed by atoms with Crippen LogP contribution in [0.4, 0.5) is 0 Å².